The summed E-state index contributed by atoms with van der Waals surface area (Å²) < 4.78 is 1.61. The summed E-state index contributed by atoms with van der Waals surface area (Å²) in [4.78, 5) is 51.9. The van der Waals surface area contributed by atoms with E-state index in [4.69, 9.17) is 11.4 Å². The number of nitrogens with one attached hydrogen (secondary N) is 1. The van der Waals surface area contributed by atoms with Crippen LogP contribution in [0.3, 0.4) is 0 Å². The van der Waals surface area contributed by atoms with Crippen molar-refractivity contribution in [2.45, 2.75) is 11.3 Å². The summed E-state index contributed by atoms with van der Waals surface area (Å²) in [5.74, 6) is 2.21. The number of fused-ring (bicyclic) bond motifs is 3. The second-order valence-corrected chi connectivity index (χ2v) is 11.1. The summed E-state index contributed by atoms with van der Waals surface area (Å²) >= 11 is 1.12. The Hall–Kier alpha value is -5.14. The van der Waals surface area contributed by atoms with Crippen molar-refractivity contribution in [2.24, 2.45) is 4.99 Å². The molecule has 3 amide bonds. The Labute approximate surface area is 239 Å². The molecule has 1 fully saturated rings. The highest BCUT2D eigenvalue weighted by Gasteiger charge is 2.69. The van der Waals surface area contributed by atoms with Gasteiger partial charge in [-0.25, -0.2) is 9.79 Å². The van der Waals surface area contributed by atoms with Gasteiger partial charge in [-0.05, 0) is 6.07 Å². The lowest BCUT2D eigenvalue weighted by molar-refractivity contribution is -0.112. The number of aromatic nitrogens is 1. The Kier molecular flexibility index (Phi) is 5.26. The van der Waals surface area contributed by atoms with Crippen molar-refractivity contribution in [3.8, 4) is 12.3 Å². The first-order valence-corrected chi connectivity index (χ1v) is 13.8. The average molecular weight is 561 g/mol. The molecule has 2 atom stereocenters. The van der Waals surface area contributed by atoms with Gasteiger partial charge >= 0.3 is 6.03 Å². The summed E-state index contributed by atoms with van der Waals surface area (Å²) in [5, 5.41) is 0. The highest BCUT2D eigenvalue weighted by Crippen LogP contribution is 2.53. The molecule has 41 heavy (non-hydrogen) atoms. The van der Waals surface area contributed by atoms with Gasteiger partial charge in [0.05, 0.1) is 17.8 Å². The van der Waals surface area contributed by atoms with Crippen LogP contribution in [0.4, 0.5) is 10.5 Å². The molecule has 7 rings (SSSR count). The first-order chi connectivity index (χ1) is 19.9. The molecule has 0 bridgehead atoms. The highest BCUT2D eigenvalue weighted by molar-refractivity contribution is 7.07. The van der Waals surface area contributed by atoms with Crippen molar-refractivity contribution in [1.29, 1.82) is 0 Å². The van der Waals surface area contributed by atoms with Gasteiger partial charge in [-0.2, -0.15) is 4.68 Å². The number of amides is 3. The zero-order chi connectivity index (χ0) is 28.5. The van der Waals surface area contributed by atoms with E-state index in [1.165, 1.54) is 9.58 Å². The van der Waals surface area contributed by atoms with Crippen LogP contribution >= 0.6 is 11.3 Å². The minimum Gasteiger partial charge on any atom is -0.296 e. The molecule has 3 aliphatic heterocycles. The summed E-state index contributed by atoms with van der Waals surface area (Å²) in [6.45, 7) is 0.0837. The third-order valence-corrected chi connectivity index (χ3v) is 9.19. The van der Waals surface area contributed by atoms with Gasteiger partial charge in [0.25, 0.3) is 11.5 Å². The molecule has 1 N–H and O–H groups in total. The maximum atomic E-state index is 14.2. The Morgan fingerprint density at radius 1 is 0.878 bits per heavy atom. The third-order valence-electron chi connectivity index (χ3n) is 8.15. The van der Waals surface area contributed by atoms with Crippen molar-refractivity contribution in [1.82, 2.24) is 14.5 Å². The zero-order valence-electron chi connectivity index (χ0n) is 22.2. The molecule has 10 heteroatoms. The lowest BCUT2D eigenvalue weighted by Gasteiger charge is -2.49. The quantitative estimate of drug-likeness (QED) is 0.388. The van der Waals surface area contributed by atoms with E-state index in [9.17, 15) is 14.4 Å². The SMILES string of the molecule is C#CCN1C(=O)/C(=c2\sc3n(c2=O)NC2(c4ccccc4)N(C)C(=O)N(C)C2(c2ccccc2)N=3)c2ccccc21. The number of likely N-dealkylation sites (N-methyl/N-ethyl adjacent to an activating group) is 2. The number of benzene rings is 3. The lowest BCUT2D eigenvalue weighted by Crippen LogP contribution is -2.67. The van der Waals surface area contributed by atoms with E-state index < -0.39 is 16.9 Å². The van der Waals surface area contributed by atoms with Crippen molar-refractivity contribution in [2.75, 3.05) is 31.0 Å². The van der Waals surface area contributed by atoms with Crippen LogP contribution in [-0.2, 0) is 16.1 Å². The van der Waals surface area contributed by atoms with Crippen LogP contribution in [0.2, 0.25) is 0 Å². The molecule has 3 aromatic carbocycles. The van der Waals surface area contributed by atoms with Crippen LogP contribution in [0.5, 0.6) is 0 Å². The lowest BCUT2D eigenvalue weighted by atomic mass is 9.80. The van der Waals surface area contributed by atoms with Crippen molar-refractivity contribution < 1.29 is 9.59 Å². The molecule has 3 aliphatic rings. The van der Waals surface area contributed by atoms with Gasteiger partial charge in [-0.1, -0.05) is 96.1 Å². The fourth-order valence-electron chi connectivity index (χ4n) is 6.32. The van der Waals surface area contributed by atoms with Crippen LogP contribution in [-0.4, -0.2) is 47.1 Å². The normalized spacial score (nSPS) is 23.9. The predicted molar refractivity (Wildman–Crippen MR) is 156 cm³/mol. The van der Waals surface area contributed by atoms with Crippen LogP contribution < -0.4 is 25.2 Å². The number of para-hydroxylation sites is 1. The third kappa shape index (κ3) is 3.01. The fourth-order valence-corrected chi connectivity index (χ4v) is 7.37. The van der Waals surface area contributed by atoms with Gasteiger partial charge in [-0.15, -0.1) is 6.42 Å². The van der Waals surface area contributed by atoms with Gasteiger partial charge < -0.3 is 0 Å². The molecule has 1 aromatic heterocycles. The van der Waals surface area contributed by atoms with E-state index in [2.05, 4.69) is 11.3 Å². The number of nitrogens with zero attached hydrogens (tertiary/aromatic N) is 5. The molecule has 0 spiro atoms. The Morgan fingerprint density at radius 3 is 2.20 bits per heavy atom. The number of urea groups is 1. The molecule has 1 saturated heterocycles. The van der Waals surface area contributed by atoms with Gasteiger partial charge in [0.2, 0.25) is 16.1 Å². The molecule has 202 valence electrons. The zero-order valence-corrected chi connectivity index (χ0v) is 23.1. The van der Waals surface area contributed by atoms with E-state index in [0.717, 1.165) is 22.5 Å². The van der Waals surface area contributed by atoms with Crippen LogP contribution in [0, 0.1) is 12.3 Å². The summed E-state index contributed by atoms with van der Waals surface area (Å²) in [6.07, 6.45) is 5.57. The number of rotatable bonds is 3. The highest BCUT2D eigenvalue weighted by atomic mass is 32.1. The van der Waals surface area contributed by atoms with Gasteiger partial charge in [0.1, 0.15) is 4.53 Å². The monoisotopic (exact) mass is 560 g/mol. The van der Waals surface area contributed by atoms with Gasteiger partial charge in [0, 0.05) is 30.8 Å². The molecule has 0 saturated carbocycles. The van der Waals surface area contributed by atoms with Crippen molar-refractivity contribution in [3.63, 3.8) is 0 Å². The van der Waals surface area contributed by atoms with Gasteiger partial charge in [0.15, 0.2) is 0 Å². The number of hydrogen-bond donors (Lipinski definition) is 1. The van der Waals surface area contributed by atoms with E-state index in [1.807, 2.05) is 84.9 Å². The van der Waals surface area contributed by atoms with Gasteiger partial charge in [-0.3, -0.25) is 29.7 Å². The number of hydrogen-bond acceptors (Lipinski definition) is 6. The minimum atomic E-state index is -1.30. The molecular weight excluding hydrogens is 536 g/mol. The van der Waals surface area contributed by atoms with Crippen molar-refractivity contribution in [3.05, 3.63) is 121 Å². The van der Waals surface area contributed by atoms with E-state index in [1.54, 1.807) is 23.9 Å². The summed E-state index contributed by atoms with van der Waals surface area (Å²) in [6, 6.07) is 26.1. The number of terminal acetylenes is 1. The topological polar surface area (TPSA) is 90.2 Å². The second-order valence-electron chi connectivity index (χ2n) is 10.1. The molecule has 2 unspecified atom stereocenters. The molecule has 9 nitrogen and oxygen atoms in total. The number of carbonyl (C=O) groups excluding carboxylic acids is 2. The van der Waals surface area contributed by atoms with Crippen LogP contribution in [0.15, 0.2) is 94.7 Å². The maximum Gasteiger partial charge on any atom is 0.324 e. The molecule has 0 aliphatic carbocycles. The summed E-state index contributed by atoms with van der Waals surface area (Å²) in [7, 11) is 3.42. The molecule has 4 heterocycles. The van der Waals surface area contributed by atoms with E-state index >= 15 is 0 Å². The maximum absolute atomic E-state index is 14.2. The molecule has 4 aromatic rings. The van der Waals surface area contributed by atoms with E-state index in [0.29, 0.717) is 16.1 Å². The van der Waals surface area contributed by atoms with Crippen LogP contribution in [0.1, 0.15) is 16.7 Å². The van der Waals surface area contributed by atoms with E-state index in [-0.39, 0.29) is 28.6 Å². The average Bonchev–Trinajstić information content (AvgIpc) is 3.53. The Balaban J connectivity index is 1.60. The van der Waals surface area contributed by atoms with Crippen molar-refractivity contribution >= 4 is 34.5 Å². The minimum absolute atomic E-state index is 0.0837. The Morgan fingerprint density at radius 2 is 1.51 bits per heavy atom. The second kappa shape index (κ2) is 8.68. The number of anilines is 1. The standard InChI is InChI=1S/C31H24N6O3S/c1-4-19-36-23-18-12-11-17-22(23)24(26(36)38)25-27(39)37-28(41-25)32-30(20-13-7-5-8-14-20)31(33-37,21-15-9-6-10-16-21)35(3)29(40)34(30)2/h1,5-18,33H,19H2,2-3H3/b25-24-. The molecular formula is C31H24N6O3S. The largest absolute Gasteiger partial charge is 0.324 e. The first kappa shape index (κ1) is 24.9. The number of carbonyl (C=O) groups is 2. The Bertz CT molecular complexity index is 1980. The molecule has 0 radical (unpaired) electrons. The predicted octanol–water partition coefficient (Wildman–Crippen LogP) is 1.97. The smallest absolute Gasteiger partial charge is 0.296 e. The van der Waals surface area contributed by atoms with Crippen LogP contribution in [0.25, 0.3) is 5.57 Å². The number of thiazole rings is 1. The first-order valence-electron chi connectivity index (χ1n) is 13.0. The fraction of sp³-hybridized carbons (Fsp3) is 0.161. The summed E-state index contributed by atoms with van der Waals surface area (Å²) in [5.41, 5.74) is 3.53.